The Morgan fingerprint density at radius 3 is 2.06 bits per heavy atom. The number of carboxylic acid groups (broad SMARTS) is 1. The van der Waals surface area contributed by atoms with Gasteiger partial charge in [0.15, 0.2) is 5.78 Å². The number of ketones is 1. The summed E-state index contributed by atoms with van der Waals surface area (Å²) in [6, 6.07) is 23.4. The van der Waals surface area contributed by atoms with Crippen molar-refractivity contribution in [1.29, 1.82) is 0 Å². The van der Waals surface area contributed by atoms with Crippen LogP contribution in [0.4, 0.5) is 0 Å². The Morgan fingerprint density at radius 2 is 1.42 bits per heavy atom. The molecule has 0 saturated heterocycles. The van der Waals surface area contributed by atoms with Crippen molar-refractivity contribution in [1.82, 2.24) is 4.98 Å². The number of aliphatic carboxylic acids is 1. The predicted molar refractivity (Wildman–Crippen MR) is 123 cm³/mol. The molecule has 0 radical (unpaired) electrons. The number of rotatable bonds is 8. The summed E-state index contributed by atoms with van der Waals surface area (Å²) in [5, 5.41) is 11.2. The van der Waals surface area contributed by atoms with Crippen LogP contribution in [0.25, 0.3) is 22.3 Å². The molecule has 0 aliphatic heterocycles. The number of nitrogens with zero attached hydrogens (tertiary/aromatic N) is 1. The number of pyridine rings is 1. The van der Waals surface area contributed by atoms with Gasteiger partial charge in [-0.15, -0.1) is 11.3 Å². The number of carbonyl (C=O) groups excluding carboxylic acids is 1. The Balaban J connectivity index is 1.50. The number of carboxylic acids is 1. The fourth-order valence-electron chi connectivity index (χ4n) is 3.60. The van der Waals surface area contributed by atoms with Crippen molar-refractivity contribution in [2.45, 2.75) is 18.8 Å². The van der Waals surface area contributed by atoms with Crippen LogP contribution >= 0.6 is 11.3 Å². The first kappa shape index (κ1) is 20.7. The molecule has 0 aliphatic carbocycles. The van der Waals surface area contributed by atoms with E-state index in [1.807, 2.05) is 66.0 Å². The van der Waals surface area contributed by atoms with Crippen LogP contribution in [0.1, 0.15) is 34.0 Å². The minimum Gasteiger partial charge on any atom is -0.481 e. The van der Waals surface area contributed by atoms with Gasteiger partial charge in [0.05, 0.1) is 11.3 Å². The Morgan fingerprint density at radius 1 is 0.806 bits per heavy atom. The number of thiophene rings is 1. The van der Waals surface area contributed by atoms with Gasteiger partial charge in [0, 0.05) is 24.7 Å². The summed E-state index contributed by atoms with van der Waals surface area (Å²) in [5.74, 6) is -1.26. The van der Waals surface area contributed by atoms with Gasteiger partial charge < -0.3 is 5.11 Å². The van der Waals surface area contributed by atoms with Crippen LogP contribution in [-0.4, -0.2) is 21.8 Å². The maximum Gasteiger partial charge on any atom is 0.303 e. The molecular weight excluding hydrogens is 406 g/mol. The van der Waals surface area contributed by atoms with Gasteiger partial charge in [0.1, 0.15) is 0 Å². The van der Waals surface area contributed by atoms with Gasteiger partial charge in [-0.3, -0.25) is 14.6 Å². The molecule has 154 valence electrons. The molecule has 0 aliphatic rings. The number of carbonyl (C=O) groups is 2. The quantitative estimate of drug-likeness (QED) is 0.335. The van der Waals surface area contributed by atoms with Crippen molar-refractivity contribution in [3.8, 4) is 22.3 Å². The van der Waals surface area contributed by atoms with E-state index in [1.54, 1.807) is 12.4 Å². The fourth-order valence-corrected chi connectivity index (χ4v) is 4.47. The molecule has 1 atom stereocenters. The molecule has 2 heterocycles. The monoisotopic (exact) mass is 427 g/mol. The largest absolute Gasteiger partial charge is 0.481 e. The maximum atomic E-state index is 12.9. The topological polar surface area (TPSA) is 67.3 Å². The van der Waals surface area contributed by atoms with E-state index in [9.17, 15) is 14.7 Å². The van der Waals surface area contributed by atoms with Gasteiger partial charge in [-0.05, 0) is 51.4 Å². The molecule has 0 spiro atoms. The van der Waals surface area contributed by atoms with Crippen LogP contribution in [-0.2, 0) is 4.79 Å². The van der Waals surface area contributed by atoms with Crippen molar-refractivity contribution >= 4 is 23.1 Å². The molecular formula is C26H21NO3S. The summed E-state index contributed by atoms with van der Waals surface area (Å²) >= 11 is 1.40. The highest BCUT2D eigenvalue weighted by Gasteiger charge is 2.21. The van der Waals surface area contributed by atoms with E-state index >= 15 is 0 Å². The first-order valence-electron chi connectivity index (χ1n) is 9.99. The third kappa shape index (κ3) is 5.13. The normalized spacial score (nSPS) is 11.7. The Kier molecular flexibility index (Phi) is 6.34. The SMILES string of the molecule is O=C(O)C[C@@H](CC(=O)c1cc(-c2ccc(-c3ccncc3)cc2)cs1)c1ccccc1. The minimum atomic E-state index is -0.900. The first-order chi connectivity index (χ1) is 15.1. The van der Waals surface area contributed by atoms with Crippen molar-refractivity contribution in [2.75, 3.05) is 0 Å². The lowest BCUT2D eigenvalue weighted by molar-refractivity contribution is -0.137. The van der Waals surface area contributed by atoms with E-state index in [-0.39, 0.29) is 24.5 Å². The molecule has 4 aromatic rings. The molecule has 4 nitrogen and oxygen atoms in total. The minimum absolute atomic E-state index is 0.0280. The highest BCUT2D eigenvalue weighted by Crippen LogP contribution is 2.31. The Labute approximate surface area is 184 Å². The summed E-state index contributed by atoms with van der Waals surface area (Å²) < 4.78 is 0. The molecule has 0 amide bonds. The van der Waals surface area contributed by atoms with Crippen molar-refractivity contribution in [2.24, 2.45) is 0 Å². The molecule has 0 unspecified atom stereocenters. The van der Waals surface area contributed by atoms with E-state index < -0.39 is 5.97 Å². The standard InChI is InChI=1S/C26H21NO3S/c28-24(14-22(16-26(29)30)18-4-2-1-3-5-18)25-15-23(17-31-25)20-8-6-19(7-9-20)21-10-12-27-13-11-21/h1-13,15,17,22H,14,16H2,(H,29,30)/t22-/m1/s1. The zero-order valence-corrected chi connectivity index (χ0v) is 17.6. The van der Waals surface area contributed by atoms with E-state index in [1.165, 1.54) is 11.3 Å². The van der Waals surface area contributed by atoms with Crippen LogP contribution in [0.5, 0.6) is 0 Å². The molecule has 2 aromatic heterocycles. The lowest BCUT2D eigenvalue weighted by Crippen LogP contribution is -2.11. The number of Topliss-reactive ketones (excluding diaryl/α,β-unsaturated/α-hetero) is 1. The molecule has 1 N–H and O–H groups in total. The van der Waals surface area contributed by atoms with E-state index in [2.05, 4.69) is 17.1 Å². The van der Waals surface area contributed by atoms with E-state index in [0.29, 0.717) is 4.88 Å². The van der Waals surface area contributed by atoms with E-state index in [0.717, 1.165) is 27.8 Å². The lowest BCUT2D eigenvalue weighted by atomic mass is 9.90. The van der Waals surface area contributed by atoms with Crippen LogP contribution in [0.15, 0.2) is 90.6 Å². The molecule has 4 rings (SSSR count). The number of hydrogen-bond acceptors (Lipinski definition) is 4. The van der Waals surface area contributed by atoms with Gasteiger partial charge in [-0.2, -0.15) is 0 Å². The fraction of sp³-hybridized carbons (Fsp3) is 0.115. The van der Waals surface area contributed by atoms with Gasteiger partial charge in [0.25, 0.3) is 0 Å². The summed E-state index contributed by atoms with van der Waals surface area (Å²) in [6.45, 7) is 0. The summed E-state index contributed by atoms with van der Waals surface area (Å²) in [7, 11) is 0. The molecule has 0 fully saturated rings. The molecule has 0 saturated carbocycles. The highest BCUT2D eigenvalue weighted by atomic mass is 32.1. The Bertz CT molecular complexity index is 1170. The van der Waals surface area contributed by atoms with Crippen LogP contribution in [0, 0.1) is 0 Å². The number of hydrogen-bond donors (Lipinski definition) is 1. The smallest absolute Gasteiger partial charge is 0.303 e. The van der Waals surface area contributed by atoms with E-state index in [4.69, 9.17) is 0 Å². The second-order valence-electron chi connectivity index (χ2n) is 7.35. The van der Waals surface area contributed by atoms with Crippen molar-refractivity contribution in [3.05, 3.63) is 101 Å². The number of aromatic nitrogens is 1. The first-order valence-corrected chi connectivity index (χ1v) is 10.9. The van der Waals surface area contributed by atoms with Gasteiger partial charge in [-0.25, -0.2) is 0 Å². The zero-order chi connectivity index (χ0) is 21.6. The predicted octanol–water partition coefficient (Wildman–Crippen LogP) is 6.31. The van der Waals surface area contributed by atoms with Gasteiger partial charge in [-0.1, -0.05) is 54.6 Å². The molecule has 0 bridgehead atoms. The van der Waals surface area contributed by atoms with Gasteiger partial charge in [0.2, 0.25) is 0 Å². The Hall–Kier alpha value is -3.57. The van der Waals surface area contributed by atoms with Gasteiger partial charge >= 0.3 is 5.97 Å². The van der Waals surface area contributed by atoms with Crippen molar-refractivity contribution < 1.29 is 14.7 Å². The summed E-state index contributed by atoms with van der Waals surface area (Å²) in [6.07, 6.45) is 3.65. The maximum absolute atomic E-state index is 12.9. The van der Waals surface area contributed by atoms with Crippen molar-refractivity contribution in [3.63, 3.8) is 0 Å². The van der Waals surface area contributed by atoms with Crippen LogP contribution < -0.4 is 0 Å². The highest BCUT2D eigenvalue weighted by molar-refractivity contribution is 7.12. The molecule has 31 heavy (non-hydrogen) atoms. The molecule has 5 heteroatoms. The second-order valence-corrected chi connectivity index (χ2v) is 8.26. The molecule has 2 aromatic carbocycles. The summed E-state index contributed by atoms with van der Waals surface area (Å²) in [5.41, 5.74) is 5.12. The van der Waals surface area contributed by atoms with Crippen LogP contribution in [0.2, 0.25) is 0 Å². The second kappa shape index (κ2) is 9.49. The average Bonchev–Trinajstić information content (AvgIpc) is 3.30. The summed E-state index contributed by atoms with van der Waals surface area (Å²) in [4.78, 5) is 28.9. The third-order valence-corrected chi connectivity index (χ3v) is 6.20. The average molecular weight is 428 g/mol. The number of benzene rings is 2. The third-order valence-electron chi connectivity index (χ3n) is 5.23. The zero-order valence-electron chi connectivity index (χ0n) is 16.8. The lowest BCUT2D eigenvalue weighted by Gasteiger charge is -2.14. The van der Waals surface area contributed by atoms with Crippen LogP contribution in [0.3, 0.4) is 0 Å².